The molecule has 29 heavy (non-hydrogen) atoms. The summed E-state index contributed by atoms with van der Waals surface area (Å²) >= 11 is 1.51. The van der Waals surface area contributed by atoms with Crippen LogP contribution in [0, 0.1) is 0 Å². The van der Waals surface area contributed by atoms with Crippen LogP contribution in [0.2, 0.25) is 0 Å². The molecular formula is C21H23N5O2S. The van der Waals surface area contributed by atoms with Gasteiger partial charge in [-0.2, -0.15) is 10.1 Å². The van der Waals surface area contributed by atoms with Crippen molar-refractivity contribution in [2.24, 2.45) is 7.05 Å². The Morgan fingerprint density at radius 3 is 2.83 bits per heavy atom. The number of ether oxygens (including phenoxy) is 2. The molecule has 3 aromatic heterocycles. The minimum atomic E-state index is -0.0362. The highest BCUT2D eigenvalue weighted by Gasteiger charge is 2.25. The fraction of sp³-hybridized carbons (Fsp3) is 0.381. The molecule has 0 saturated carbocycles. The SMILES string of the molecule is CSc1nc(OCc2ccccc2)c2c3cnn(C4CCCCO4)c3n(C)c2n1. The quantitative estimate of drug-likeness (QED) is 0.361. The van der Waals surface area contributed by atoms with Gasteiger partial charge in [0, 0.05) is 13.7 Å². The molecule has 0 amide bonds. The Balaban J connectivity index is 1.63. The van der Waals surface area contributed by atoms with E-state index in [1.807, 2.05) is 54.5 Å². The molecule has 1 aliphatic rings. The molecule has 1 fully saturated rings. The third-order valence-corrected chi connectivity index (χ3v) is 5.89. The summed E-state index contributed by atoms with van der Waals surface area (Å²) in [4.78, 5) is 9.43. The minimum Gasteiger partial charge on any atom is -0.472 e. The van der Waals surface area contributed by atoms with Crippen LogP contribution in [0.5, 0.6) is 5.88 Å². The van der Waals surface area contributed by atoms with Crippen molar-refractivity contribution in [2.45, 2.75) is 37.3 Å². The fourth-order valence-electron chi connectivity index (χ4n) is 3.90. The third kappa shape index (κ3) is 3.26. The normalized spacial score (nSPS) is 17.2. The number of thioether (sulfide) groups is 1. The number of hydrogen-bond acceptors (Lipinski definition) is 6. The summed E-state index contributed by atoms with van der Waals surface area (Å²) in [7, 11) is 2.02. The second kappa shape index (κ2) is 7.68. The molecule has 150 valence electrons. The maximum Gasteiger partial charge on any atom is 0.228 e. The largest absolute Gasteiger partial charge is 0.472 e. The lowest BCUT2D eigenvalue weighted by molar-refractivity contribution is -0.0372. The third-order valence-electron chi connectivity index (χ3n) is 5.34. The van der Waals surface area contributed by atoms with Gasteiger partial charge in [0.15, 0.2) is 17.0 Å². The Hall–Kier alpha value is -2.58. The molecule has 5 rings (SSSR count). The van der Waals surface area contributed by atoms with Crippen LogP contribution in [0.1, 0.15) is 31.1 Å². The monoisotopic (exact) mass is 409 g/mol. The van der Waals surface area contributed by atoms with Gasteiger partial charge >= 0.3 is 0 Å². The van der Waals surface area contributed by atoms with Gasteiger partial charge in [-0.1, -0.05) is 42.1 Å². The van der Waals surface area contributed by atoms with Crippen molar-refractivity contribution in [2.75, 3.05) is 12.9 Å². The van der Waals surface area contributed by atoms with Crippen LogP contribution in [0.15, 0.2) is 41.7 Å². The van der Waals surface area contributed by atoms with Crippen molar-refractivity contribution in [3.8, 4) is 5.88 Å². The first-order chi connectivity index (χ1) is 14.3. The molecule has 8 heteroatoms. The number of nitrogens with zero attached hydrogens (tertiary/aromatic N) is 5. The topological polar surface area (TPSA) is 67.0 Å². The van der Waals surface area contributed by atoms with E-state index in [1.54, 1.807) is 0 Å². The van der Waals surface area contributed by atoms with Crippen molar-refractivity contribution in [3.63, 3.8) is 0 Å². The predicted octanol–water partition coefficient (Wildman–Crippen LogP) is 4.32. The second-order valence-corrected chi connectivity index (χ2v) is 7.97. The average Bonchev–Trinajstić information content (AvgIpc) is 3.33. The van der Waals surface area contributed by atoms with Crippen LogP contribution >= 0.6 is 11.8 Å². The van der Waals surface area contributed by atoms with Crippen molar-refractivity contribution in [1.29, 1.82) is 0 Å². The molecule has 1 aliphatic heterocycles. The fourth-order valence-corrected chi connectivity index (χ4v) is 4.26. The summed E-state index contributed by atoms with van der Waals surface area (Å²) in [5.41, 5.74) is 2.94. The van der Waals surface area contributed by atoms with Gasteiger partial charge in [0.05, 0.1) is 17.0 Å². The molecule has 0 bridgehead atoms. The lowest BCUT2D eigenvalue weighted by atomic mass is 10.2. The van der Waals surface area contributed by atoms with Crippen molar-refractivity contribution < 1.29 is 9.47 Å². The lowest BCUT2D eigenvalue weighted by Crippen LogP contribution is -2.20. The molecule has 1 unspecified atom stereocenters. The van der Waals surface area contributed by atoms with E-state index in [0.717, 1.165) is 53.5 Å². The van der Waals surface area contributed by atoms with Crippen LogP contribution in [-0.2, 0) is 18.4 Å². The van der Waals surface area contributed by atoms with E-state index in [-0.39, 0.29) is 6.23 Å². The predicted molar refractivity (Wildman–Crippen MR) is 113 cm³/mol. The molecular weight excluding hydrogens is 386 g/mol. The second-order valence-electron chi connectivity index (χ2n) is 7.19. The van der Waals surface area contributed by atoms with Crippen LogP contribution in [-0.4, -0.2) is 37.2 Å². The van der Waals surface area contributed by atoms with Gasteiger partial charge in [-0.15, -0.1) is 0 Å². The first-order valence-electron chi connectivity index (χ1n) is 9.82. The van der Waals surface area contributed by atoms with Crippen LogP contribution in [0.3, 0.4) is 0 Å². The van der Waals surface area contributed by atoms with E-state index in [0.29, 0.717) is 17.6 Å². The first-order valence-corrected chi connectivity index (χ1v) is 11.0. The summed E-state index contributed by atoms with van der Waals surface area (Å²) in [6, 6.07) is 10.1. The number of benzene rings is 1. The highest BCUT2D eigenvalue weighted by molar-refractivity contribution is 7.98. The Labute approximate surface area is 173 Å². The zero-order valence-corrected chi connectivity index (χ0v) is 17.4. The zero-order chi connectivity index (χ0) is 19.8. The Bertz CT molecular complexity index is 1150. The number of aromatic nitrogens is 5. The number of fused-ring (bicyclic) bond motifs is 3. The van der Waals surface area contributed by atoms with Gasteiger partial charge in [0.2, 0.25) is 5.88 Å². The van der Waals surface area contributed by atoms with Crippen molar-refractivity contribution in [1.82, 2.24) is 24.3 Å². The van der Waals surface area contributed by atoms with Gasteiger partial charge in [-0.05, 0) is 31.1 Å². The van der Waals surface area contributed by atoms with Crippen LogP contribution in [0.4, 0.5) is 0 Å². The Morgan fingerprint density at radius 1 is 1.21 bits per heavy atom. The Kier molecular flexibility index (Phi) is 4.89. The van der Waals surface area contributed by atoms with Gasteiger partial charge in [-0.25, -0.2) is 9.67 Å². The number of hydrogen-bond donors (Lipinski definition) is 0. The standard InChI is InChI=1S/C21H23N5O2S/c1-25-18-17(15-12-22-26(20(15)25)16-10-6-7-11-27-16)19(24-21(23-18)29-2)28-13-14-8-4-3-5-9-14/h3-5,8-9,12,16H,6-7,10-11,13H2,1-2H3. The maximum absolute atomic E-state index is 6.18. The summed E-state index contributed by atoms with van der Waals surface area (Å²) < 4.78 is 16.2. The highest BCUT2D eigenvalue weighted by Crippen LogP contribution is 2.36. The summed E-state index contributed by atoms with van der Waals surface area (Å²) in [5.74, 6) is 0.595. The molecule has 7 nitrogen and oxygen atoms in total. The molecule has 1 atom stereocenters. The van der Waals surface area contributed by atoms with E-state index >= 15 is 0 Å². The maximum atomic E-state index is 6.18. The first kappa shape index (κ1) is 18.4. The van der Waals surface area contributed by atoms with E-state index in [4.69, 9.17) is 14.5 Å². The van der Waals surface area contributed by atoms with E-state index < -0.39 is 0 Å². The zero-order valence-electron chi connectivity index (χ0n) is 16.5. The van der Waals surface area contributed by atoms with Gasteiger partial charge in [-0.3, -0.25) is 0 Å². The molecule has 4 heterocycles. The minimum absolute atomic E-state index is 0.0362. The number of aryl methyl sites for hydroxylation is 1. The molecule has 1 saturated heterocycles. The summed E-state index contributed by atoms with van der Waals surface area (Å²) in [5, 5.41) is 7.23. The van der Waals surface area contributed by atoms with Crippen molar-refractivity contribution >= 4 is 33.8 Å². The summed E-state index contributed by atoms with van der Waals surface area (Å²) in [6.07, 6.45) is 7.05. The van der Waals surface area contributed by atoms with Crippen LogP contribution < -0.4 is 4.74 Å². The smallest absolute Gasteiger partial charge is 0.228 e. The lowest BCUT2D eigenvalue weighted by Gasteiger charge is -2.23. The van der Waals surface area contributed by atoms with E-state index in [2.05, 4.69) is 14.6 Å². The molecule has 0 N–H and O–H groups in total. The van der Waals surface area contributed by atoms with Gasteiger partial charge < -0.3 is 14.0 Å². The molecule has 0 spiro atoms. The molecule has 0 aliphatic carbocycles. The average molecular weight is 410 g/mol. The van der Waals surface area contributed by atoms with Gasteiger partial charge in [0.25, 0.3) is 0 Å². The van der Waals surface area contributed by atoms with Crippen LogP contribution in [0.25, 0.3) is 22.1 Å². The number of rotatable bonds is 5. The molecule has 4 aromatic rings. The van der Waals surface area contributed by atoms with Gasteiger partial charge in [0.1, 0.15) is 12.3 Å². The molecule has 1 aromatic carbocycles. The van der Waals surface area contributed by atoms with E-state index in [9.17, 15) is 0 Å². The highest BCUT2D eigenvalue weighted by atomic mass is 32.2. The van der Waals surface area contributed by atoms with Crippen molar-refractivity contribution in [3.05, 3.63) is 42.1 Å². The van der Waals surface area contributed by atoms with E-state index in [1.165, 1.54) is 11.8 Å². The summed E-state index contributed by atoms with van der Waals surface area (Å²) in [6.45, 7) is 1.23. The Morgan fingerprint density at radius 2 is 2.07 bits per heavy atom. The molecule has 0 radical (unpaired) electrons.